The van der Waals surface area contributed by atoms with E-state index in [1.807, 2.05) is 0 Å². The number of hydrogen-bond donors (Lipinski definition) is 1. The van der Waals surface area contributed by atoms with Gasteiger partial charge < -0.3 is 15.1 Å². The lowest BCUT2D eigenvalue weighted by atomic mass is 9.71. The molecule has 2 aromatic heterocycles. The second kappa shape index (κ2) is 7.09. The predicted octanol–water partition coefficient (Wildman–Crippen LogP) is 2.68. The molecule has 1 aliphatic carbocycles. The molecule has 31 heavy (non-hydrogen) atoms. The Morgan fingerprint density at radius 2 is 1.97 bits per heavy atom. The highest BCUT2D eigenvalue weighted by Crippen LogP contribution is 2.53. The highest BCUT2D eigenvalue weighted by Gasteiger charge is 2.59. The molecule has 1 amide bonds. The highest BCUT2D eigenvalue weighted by molar-refractivity contribution is 6.32. The van der Waals surface area contributed by atoms with Crippen LogP contribution in [-0.2, 0) is 11.3 Å². The van der Waals surface area contributed by atoms with Crippen molar-refractivity contribution in [2.75, 3.05) is 36.4 Å². The molecular formula is C21H25ClN8O. The average Bonchev–Trinajstić information content (AvgIpc) is 3.35. The van der Waals surface area contributed by atoms with Gasteiger partial charge in [-0.2, -0.15) is 15.3 Å². The molecule has 162 valence electrons. The van der Waals surface area contributed by atoms with Gasteiger partial charge in [-0.15, -0.1) is 0 Å². The first-order chi connectivity index (χ1) is 14.8. The number of likely N-dealkylation sites (tertiary alicyclic amines) is 1. The molecule has 0 spiro atoms. The van der Waals surface area contributed by atoms with Crippen molar-refractivity contribution >= 4 is 35.0 Å². The molecule has 2 atom stereocenters. The van der Waals surface area contributed by atoms with Crippen LogP contribution in [0.25, 0.3) is 0 Å². The predicted molar refractivity (Wildman–Crippen MR) is 116 cm³/mol. The van der Waals surface area contributed by atoms with Gasteiger partial charge in [0, 0.05) is 49.1 Å². The maximum absolute atomic E-state index is 12.6. The van der Waals surface area contributed by atoms with E-state index in [-0.39, 0.29) is 23.3 Å². The van der Waals surface area contributed by atoms with Crippen molar-refractivity contribution in [3.8, 4) is 6.07 Å². The molecule has 1 N–H and O–H groups in total. The number of amides is 1. The maximum atomic E-state index is 12.6. The fourth-order valence-electron chi connectivity index (χ4n) is 4.91. The van der Waals surface area contributed by atoms with Crippen LogP contribution >= 0.6 is 11.6 Å². The fraction of sp³-hybridized carbons (Fsp3) is 0.571. The average molecular weight is 441 g/mol. The monoisotopic (exact) mass is 440 g/mol. The van der Waals surface area contributed by atoms with Crippen molar-refractivity contribution in [3.63, 3.8) is 0 Å². The molecule has 0 radical (unpaired) electrons. The van der Waals surface area contributed by atoms with E-state index in [9.17, 15) is 4.79 Å². The van der Waals surface area contributed by atoms with E-state index < -0.39 is 0 Å². The zero-order valence-electron chi connectivity index (χ0n) is 17.7. The molecule has 5 rings (SSSR count). The molecule has 3 aliphatic rings. The first-order valence-corrected chi connectivity index (χ1v) is 10.9. The summed E-state index contributed by atoms with van der Waals surface area (Å²) in [6.07, 6.45) is 7.04. The molecule has 0 aromatic carbocycles. The lowest BCUT2D eigenvalue weighted by molar-refractivity contribution is -0.132. The van der Waals surface area contributed by atoms with E-state index in [0.29, 0.717) is 28.4 Å². The molecule has 4 heterocycles. The third-order valence-electron chi connectivity index (χ3n) is 7.00. The molecule has 2 saturated heterocycles. The fourth-order valence-corrected chi connectivity index (χ4v) is 5.12. The van der Waals surface area contributed by atoms with Crippen molar-refractivity contribution in [2.24, 2.45) is 16.7 Å². The van der Waals surface area contributed by atoms with Gasteiger partial charge in [-0.1, -0.05) is 25.4 Å². The van der Waals surface area contributed by atoms with Gasteiger partial charge in [0.15, 0.2) is 5.82 Å². The SMILES string of the molecule is C[C@@]12CN(C(=O)C3CC3)C[C@]1(C)CN(c1nc(Nc3cnn(CC#N)c3)ncc1Cl)C2. The number of nitrogens with one attached hydrogen (secondary N) is 1. The van der Waals surface area contributed by atoms with Gasteiger partial charge in [0.1, 0.15) is 11.6 Å². The van der Waals surface area contributed by atoms with Gasteiger partial charge in [-0.25, -0.2) is 4.98 Å². The molecular weight excluding hydrogens is 416 g/mol. The Bertz CT molecular complexity index is 1060. The first-order valence-electron chi connectivity index (χ1n) is 10.5. The molecule has 0 bridgehead atoms. The van der Waals surface area contributed by atoms with E-state index >= 15 is 0 Å². The molecule has 3 fully saturated rings. The Balaban J connectivity index is 1.33. The van der Waals surface area contributed by atoms with Gasteiger partial charge >= 0.3 is 0 Å². The Labute approximate surface area is 186 Å². The zero-order valence-corrected chi connectivity index (χ0v) is 18.4. The van der Waals surface area contributed by atoms with E-state index in [1.165, 1.54) is 4.68 Å². The Kier molecular flexibility index (Phi) is 4.59. The molecule has 0 unspecified atom stereocenters. The van der Waals surface area contributed by atoms with Crippen LogP contribution in [0.5, 0.6) is 0 Å². The third kappa shape index (κ3) is 3.49. The number of carbonyl (C=O) groups is 1. The van der Waals surface area contributed by atoms with Gasteiger partial charge in [0.25, 0.3) is 0 Å². The number of nitriles is 1. The summed E-state index contributed by atoms with van der Waals surface area (Å²) in [6.45, 7) is 7.85. The third-order valence-corrected chi connectivity index (χ3v) is 7.27. The number of hydrogen-bond acceptors (Lipinski definition) is 7. The zero-order chi connectivity index (χ0) is 21.8. The standard InChI is InChI=1S/C21H25ClN8O/c1-20-10-28(11-21(20,2)13-29(12-20)18(31)14-3-4-14)17-16(22)8-24-19(27-17)26-15-7-25-30(9-15)6-5-23/h7-9,14H,3-4,6,10-13H2,1-2H3,(H,24,26,27)/t20-,21+. The number of nitrogens with zero attached hydrogens (tertiary/aromatic N) is 7. The lowest BCUT2D eigenvalue weighted by Gasteiger charge is -2.29. The van der Waals surface area contributed by atoms with Gasteiger partial charge in [0.2, 0.25) is 11.9 Å². The van der Waals surface area contributed by atoms with Crippen molar-refractivity contribution in [3.05, 3.63) is 23.6 Å². The second-order valence-electron chi connectivity index (χ2n) is 9.52. The van der Waals surface area contributed by atoms with Crippen LogP contribution in [0.2, 0.25) is 5.02 Å². The number of anilines is 3. The summed E-state index contributed by atoms with van der Waals surface area (Å²) in [5.74, 6) is 1.70. The minimum Gasteiger partial charge on any atom is -0.354 e. The normalized spacial score (nSPS) is 27.3. The number of rotatable bonds is 5. The summed E-state index contributed by atoms with van der Waals surface area (Å²) in [6, 6.07) is 2.05. The number of aromatic nitrogens is 4. The summed E-state index contributed by atoms with van der Waals surface area (Å²) in [7, 11) is 0. The smallest absolute Gasteiger partial charge is 0.229 e. The minimum absolute atomic E-state index is 0.0160. The van der Waals surface area contributed by atoms with Crippen LogP contribution in [-0.4, -0.2) is 56.7 Å². The van der Waals surface area contributed by atoms with E-state index in [2.05, 4.69) is 50.1 Å². The summed E-state index contributed by atoms with van der Waals surface area (Å²) in [5, 5.41) is 16.6. The van der Waals surface area contributed by atoms with Gasteiger partial charge in [-0.3, -0.25) is 9.48 Å². The van der Waals surface area contributed by atoms with E-state index in [4.69, 9.17) is 16.9 Å². The Hall–Kier alpha value is -2.86. The van der Waals surface area contributed by atoms with Gasteiger partial charge in [-0.05, 0) is 12.8 Å². The first kappa shape index (κ1) is 20.1. The van der Waals surface area contributed by atoms with Crippen LogP contribution in [0.4, 0.5) is 17.5 Å². The molecule has 2 aromatic rings. The molecule has 9 nitrogen and oxygen atoms in total. The van der Waals surface area contributed by atoms with Crippen molar-refractivity contribution in [2.45, 2.75) is 33.2 Å². The van der Waals surface area contributed by atoms with Crippen molar-refractivity contribution < 1.29 is 4.79 Å². The Morgan fingerprint density at radius 1 is 1.26 bits per heavy atom. The van der Waals surface area contributed by atoms with E-state index in [1.54, 1.807) is 18.6 Å². The number of carbonyl (C=O) groups excluding carboxylic acids is 1. The van der Waals surface area contributed by atoms with Crippen molar-refractivity contribution in [1.82, 2.24) is 24.6 Å². The maximum Gasteiger partial charge on any atom is 0.229 e. The number of halogens is 1. The van der Waals surface area contributed by atoms with E-state index in [0.717, 1.165) is 39.0 Å². The summed E-state index contributed by atoms with van der Waals surface area (Å²) < 4.78 is 1.54. The summed E-state index contributed by atoms with van der Waals surface area (Å²) >= 11 is 6.49. The quantitative estimate of drug-likeness (QED) is 0.762. The van der Waals surface area contributed by atoms with Crippen LogP contribution in [0.15, 0.2) is 18.6 Å². The number of fused-ring (bicyclic) bond motifs is 1. The topological polar surface area (TPSA) is 103 Å². The van der Waals surface area contributed by atoms with Gasteiger partial charge in [0.05, 0.1) is 24.2 Å². The van der Waals surface area contributed by atoms with Crippen LogP contribution < -0.4 is 10.2 Å². The summed E-state index contributed by atoms with van der Waals surface area (Å²) in [4.78, 5) is 25.9. The Morgan fingerprint density at radius 3 is 2.61 bits per heavy atom. The second-order valence-corrected chi connectivity index (χ2v) is 9.93. The molecule has 1 saturated carbocycles. The highest BCUT2D eigenvalue weighted by atomic mass is 35.5. The molecule has 2 aliphatic heterocycles. The minimum atomic E-state index is -0.0160. The van der Waals surface area contributed by atoms with Crippen LogP contribution in [0.3, 0.4) is 0 Å². The molecule has 10 heteroatoms. The van der Waals surface area contributed by atoms with Crippen molar-refractivity contribution in [1.29, 1.82) is 5.26 Å². The summed E-state index contributed by atoms with van der Waals surface area (Å²) in [5.41, 5.74) is 0.672. The lowest BCUT2D eigenvalue weighted by Crippen LogP contribution is -2.36. The van der Waals surface area contributed by atoms with Crippen LogP contribution in [0.1, 0.15) is 26.7 Å². The van der Waals surface area contributed by atoms with Crippen LogP contribution in [0, 0.1) is 28.1 Å². The largest absolute Gasteiger partial charge is 0.354 e.